The summed E-state index contributed by atoms with van der Waals surface area (Å²) >= 11 is 0. The molecule has 2 aromatic heterocycles. The molecule has 33 heavy (non-hydrogen) atoms. The van der Waals surface area contributed by atoms with E-state index >= 15 is 0 Å². The average molecular weight is 446 g/mol. The number of benzene rings is 2. The second-order valence-electron chi connectivity index (χ2n) is 7.06. The van der Waals surface area contributed by atoms with Crippen molar-refractivity contribution in [2.24, 2.45) is 5.10 Å². The van der Waals surface area contributed by atoms with Crippen LogP contribution in [0.4, 0.5) is 5.82 Å². The number of nitrogens with two attached hydrogens (primary N) is 1. The molecular formula is C23H22N6O4. The third-order valence-electron chi connectivity index (χ3n) is 4.95. The number of ether oxygens (including phenoxy) is 2. The minimum atomic E-state index is -0.426. The van der Waals surface area contributed by atoms with E-state index in [2.05, 4.69) is 20.4 Å². The van der Waals surface area contributed by atoms with Crippen LogP contribution in [-0.4, -0.2) is 60.1 Å². The Hall–Kier alpha value is -4.31. The molecule has 4 aromatic rings. The standard InChI is InChI=1S/C23H22N6O4/c1-32-12-11-25-22(30)18-19-21(28-17-6-4-3-5-16(17)27-19)29(20(18)24)26-13-14-7-9-15(10-8-14)23(31)33-2/h3-10,13H,11-12,24H2,1-2H3,(H,25,30)/b26-13+. The lowest BCUT2D eigenvalue weighted by Crippen LogP contribution is -2.27. The molecular weight excluding hydrogens is 424 g/mol. The number of carbonyl (C=O) groups is 2. The highest BCUT2D eigenvalue weighted by atomic mass is 16.5. The largest absolute Gasteiger partial charge is 0.465 e. The summed E-state index contributed by atoms with van der Waals surface area (Å²) in [6.07, 6.45) is 1.56. The summed E-state index contributed by atoms with van der Waals surface area (Å²) < 4.78 is 11.1. The highest BCUT2D eigenvalue weighted by molar-refractivity contribution is 6.10. The van der Waals surface area contributed by atoms with E-state index in [0.29, 0.717) is 46.5 Å². The molecule has 4 rings (SSSR count). The Balaban J connectivity index is 1.79. The number of para-hydroxylation sites is 2. The fourth-order valence-corrected chi connectivity index (χ4v) is 3.29. The Morgan fingerprint density at radius 3 is 2.45 bits per heavy atom. The summed E-state index contributed by atoms with van der Waals surface area (Å²) in [7, 11) is 2.88. The van der Waals surface area contributed by atoms with Crippen molar-refractivity contribution in [2.45, 2.75) is 0 Å². The van der Waals surface area contributed by atoms with Gasteiger partial charge in [0.1, 0.15) is 16.9 Å². The van der Waals surface area contributed by atoms with Crippen molar-refractivity contribution in [3.05, 3.63) is 65.2 Å². The van der Waals surface area contributed by atoms with Crippen LogP contribution in [0.3, 0.4) is 0 Å². The van der Waals surface area contributed by atoms with Crippen molar-refractivity contribution < 1.29 is 19.1 Å². The second kappa shape index (κ2) is 9.45. The number of hydrogen-bond acceptors (Lipinski definition) is 8. The van der Waals surface area contributed by atoms with Gasteiger partial charge in [0.25, 0.3) is 5.91 Å². The summed E-state index contributed by atoms with van der Waals surface area (Å²) in [4.78, 5) is 33.8. The minimum Gasteiger partial charge on any atom is -0.465 e. The molecule has 0 bridgehead atoms. The number of aromatic nitrogens is 3. The number of carbonyl (C=O) groups excluding carboxylic acids is 2. The zero-order valence-electron chi connectivity index (χ0n) is 18.1. The van der Waals surface area contributed by atoms with Crippen LogP contribution in [0.15, 0.2) is 53.6 Å². The van der Waals surface area contributed by atoms with E-state index in [9.17, 15) is 9.59 Å². The van der Waals surface area contributed by atoms with E-state index in [1.807, 2.05) is 24.3 Å². The molecule has 0 atom stereocenters. The number of rotatable bonds is 7. The Morgan fingerprint density at radius 2 is 1.79 bits per heavy atom. The number of nitrogens with one attached hydrogen (secondary N) is 1. The number of amides is 1. The topological polar surface area (TPSA) is 134 Å². The Morgan fingerprint density at radius 1 is 1.09 bits per heavy atom. The smallest absolute Gasteiger partial charge is 0.337 e. The van der Waals surface area contributed by atoms with Crippen molar-refractivity contribution in [3.63, 3.8) is 0 Å². The van der Waals surface area contributed by atoms with E-state index < -0.39 is 11.9 Å². The van der Waals surface area contributed by atoms with Crippen LogP contribution < -0.4 is 11.1 Å². The molecule has 0 saturated carbocycles. The molecule has 168 valence electrons. The lowest BCUT2D eigenvalue weighted by atomic mass is 10.1. The zero-order chi connectivity index (χ0) is 23.4. The molecule has 0 unspecified atom stereocenters. The lowest BCUT2D eigenvalue weighted by Gasteiger charge is -2.04. The van der Waals surface area contributed by atoms with Crippen LogP contribution >= 0.6 is 0 Å². The molecule has 2 heterocycles. The second-order valence-corrected chi connectivity index (χ2v) is 7.06. The number of methoxy groups -OCH3 is 2. The maximum Gasteiger partial charge on any atom is 0.337 e. The van der Waals surface area contributed by atoms with Crippen molar-refractivity contribution in [3.8, 4) is 0 Å². The van der Waals surface area contributed by atoms with Crippen LogP contribution in [0.1, 0.15) is 26.3 Å². The van der Waals surface area contributed by atoms with Gasteiger partial charge in [0.05, 0.1) is 36.5 Å². The fourth-order valence-electron chi connectivity index (χ4n) is 3.29. The highest BCUT2D eigenvalue weighted by Gasteiger charge is 2.23. The third kappa shape index (κ3) is 4.37. The number of fused-ring (bicyclic) bond motifs is 2. The summed E-state index contributed by atoms with van der Waals surface area (Å²) in [5.41, 5.74) is 9.65. The highest BCUT2D eigenvalue weighted by Crippen LogP contribution is 2.27. The molecule has 0 saturated heterocycles. The first-order valence-corrected chi connectivity index (χ1v) is 10.1. The van der Waals surface area contributed by atoms with Crippen LogP contribution in [0.2, 0.25) is 0 Å². The molecule has 10 nitrogen and oxygen atoms in total. The van der Waals surface area contributed by atoms with Crippen molar-refractivity contribution in [1.29, 1.82) is 0 Å². The van der Waals surface area contributed by atoms with Gasteiger partial charge in [-0.05, 0) is 29.8 Å². The number of anilines is 1. The quantitative estimate of drug-likeness (QED) is 0.252. The van der Waals surface area contributed by atoms with E-state index in [4.69, 9.17) is 15.2 Å². The Labute approximate surface area is 189 Å². The van der Waals surface area contributed by atoms with Crippen molar-refractivity contribution in [2.75, 3.05) is 33.1 Å². The van der Waals surface area contributed by atoms with Gasteiger partial charge >= 0.3 is 5.97 Å². The normalized spacial score (nSPS) is 11.3. The summed E-state index contributed by atoms with van der Waals surface area (Å²) in [6, 6.07) is 14.0. The average Bonchev–Trinajstić information content (AvgIpc) is 3.11. The molecule has 2 aromatic carbocycles. The zero-order valence-corrected chi connectivity index (χ0v) is 18.1. The lowest BCUT2D eigenvalue weighted by molar-refractivity contribution is 0.0600. The molecule has 0 radical (unpaired) electrons. The molecule has 10 heteroatoms. The molecule has 0 fully saturated rings. The molecule has 3 N–H and O–H groups in total. The van der Waals surface area contributed by atoms with E-state index in [0.717, 1.165) is 0 Å². The maximum absolute atomic E-state index is 12.9. The monoisotopic (exact) mass is 446 g/mol. The first kappa shape index (κ1) is 21.9. The number of nitrogen functional groups attached to an aromatic ring is 1. The fraction of sp³-hybridized carbons (Fsp3) is 0.174. The SMILES string of the molecule is COCCNC(=O)c1c(N)n(/N=C/c2ccc(C(=O)OC)cc2)c2nc3ccccc3nc12. The van der Waals surface area contributed by atoms with Gasteiger partial charge < -0.3 is 20.5 Å². The number of esters is 1. The van der Waals surface area contributed by atoms with E-state index in [1.165, 1.54) is 11.8 Å². The van der Waals surface area contributed by atoms with Crippen molar-refractivity contribution in [1.82, 2.24) is 20.0 Å². The number of nitrogens with zero attached hydrogens (tertiary/aromatic N) is 4. The molecule has 1 amide bonds. The Kier molecular flexibility index (Phi) is 6.27. The summed E-state index contributed by atoms with van der Waals surface area (Å²) in [5, 5.41) is 7.22. The molecule has 0 aliphatic rings. The molecule has 0 aliphatic heterocycles. The van der Waals surface area contributed by atoms with Crippen LogP contribution in [-0.2, 0) is 9.47 Å². The summed E-state index contributed by atoms with van der Waals surface area (Å²) in [6.45, 7) is 0.677. The van der Waals surface area contributed by atoms with Crippen molar-refractivity contribution >= 4 is 46.1 Å². The predicted octanol–water partition coefficient (Wildman–Crippen LogP) is 2.21. The van der Waals surface area contributed by atoms with Gasteiger partial charge in [-0.2, -0.15) is 9.78 Å². The minimum absolute atomic E-state index is 0.109. The van der Waals surface area contributed by atoms with Gasteiger partial charge in [-0.3, -0.25) is 4.79 Å². The first-order chi connectivity index (χ1) is 16.0. The van der Waals surface area contributed by atoms with Crippen LogP contribution in [0.5, 0.6) is 0 Å². The number of hydrogen-bond donors (Lipinski definition) is 2. The van der Waals surface area contributed by atoms with Gasteiger partial charge in [-0.1, -0.05) is 24.3 Å². The third-order valence-corrected chi connectivity index (χ3v) is 4.95. The van der Waals surface area contributed by atoms with Gasteiger partial charge in [0, 0.05) is 13.7 Å². The van der Waals surface area contributed by atoms with E-state index in [-0.39, 0.29) is 11.4 Å². The van der Waals surface area contributed by atoms with Gasteiger partial charge in [0.2, 0.25) is 0 Å². The first-order valence-electron chi connectivity index (χ1n) is 10.1. The van der Waals surface area contributed by atoms with Crippen LogP contribution in [0, 0.1) is 0 Å². The maximum atomic E-state index is 12.9. The van der Waals surface area contributed by atoms with E-state index in [1.54, 1.807) is 37.6 Å². The molecule has 0 aliphatic carbocycles. The Bertz CT molecular complexity index is 1360. The van der Waals surface area contributed by atoms with Gasteiger partial charge in [0.15, 0.2) is 5.65 Å². The van der Waals surface area contributed by atoms with Gasteiger partial charge in [-0.25, -0.2) is 14.8 Å². The summed E-state index contributed by atoms with van der Waals surface area (Å²) in [5.74, 6) is -0.710. The van der Waals surface area contributed by atoms with Crippen LogP contribution in [0.25, 0.3) is 22.2 Å². The van der Waals surface area contributed by atoms with Gasteiger partial charge in [-0.15, -0.1) is 0 Å². The molecule has 0 spiro atoms. The predicted molar refractivity (Wildman–Crippen MR) is 124 cm³/mol.